The standard InChI is InChI=1S/C15H18ClN5/c1-17-15(21-11-13-4-2-3-8-18-13)19-9-7-12-5-6-14(16)20-10-12/h2-6,8,10H,7,9,11H2,1H3,(H2,17,19,21). The van der Waals surface area contributed by atoms with E-state index in [0.717, 1.165) is 30.2 Å². The SMILES string of the molecule is CN=C(NCCc1ccc(Cl)nc1)NCc1ccccn1. The second-order valence-electron chi connectivity index (χ2n) is 4.41. The van der Waals surface area contributed by atoms with Crippen LogP contribution in [0.25, 0.3) is 0 Å². The van der Waals surface area contributed by atoms with Crippen molar-refractivity contribution in [2.75, 3.05) is 13.6 Å². The van der Waals surface area contributed by atoms with Gasteiger partial charge in [-0.2, -0.15) is 0 Å². The zero-order valence-electron chi connectivity index (χ0n) is 11.9. The topological polar surface area (TPSA) is 62.2 Å². The molecule has 2 aromatic heterocycles. The van der Waals surface area contributed by atoms with Crippen LogP contribution in [0, 0.1) is 0 Å². The molecular formula is C15H18ClN5. The van der Waals surface area contributed by atoms with Crippen molar-refractivity contribution < 1.29 is 0 Å². The molecular weight excluding hydrogens is 286 g/mol. The highest BCUT2D eigenvalue weighted by Crippen LogP contribution is 2.05. The van der Waals surface area contributed by atoms with E-state index < -0.39 is 0 Å². The van der Waals surface area contributed by atoms with Crippen LogP contribution in [-0.4, -0.2) is 29.5 Å². The van der Waals surface area contributed by atoms with Crippen molar-refractivity contribution in [3.63, 3.8) is 0 Å². The molecule has 110 valence electrons. The molecule has 0 aliphatic carbocycles. The Morgan fingerprint density at radius 1 is 1.19 bits per heavy atom. The van der Waals surface area contributed by atoms with Crippen molar-refractivity contribution in [2.45, 2.75) is 13.0 Å². The number of aliphatic imine (C=N–C) groups is 1. The van der Waals surface area contributed by atoms with Crippen molar-refractivity contribution in [1.29, 1.82) is 0 Å². The molecule has 0 saturated carbocycles. The predicted molar refractivity (Wildman–Crippen MR) is 85.4 cm³/mol. The number of aromatic nitrogens is 2. The van der Waals surface area contributed by atoms with Gasteiger partial charge in [0.05, 0.1) is 12.2 Å². The highest BCUT2D eigenvalue weighted by Gasteiger charge is 1.99. The molecule has 0 aliphatic rings. The van der Waals surface area contributed by atoms with Gasteiger partial charge in [-0.15, -0.1) is 0 Å². The average Bonchev–Trinajstić information content (AvgIpc) is 2.53. The maximum Gasteiger partial charge on any atom is 0.191 e. The molecule has 5 nitrogen and oxygen atoms in total. The molecule has 0 unspecified atom stereocenters. The molecule has 0 fully saturated rings. The summed E-state index contributed by atoms with van der Waals surface area (Å²) < 4.78 is 0. The lowest BCUT2D eigenvalue weighted by Gasteiger charge is -2.11. The van der Waals surface area contributed by atoms with Gasteiger partial charge in [-0.25, -0.2) is 4.98 Å². The van der Waals surface area contributed by atoms with Crippen LogP contribution in [0.1, 0.15) is 11.3 Å². The Morgan fingerprint density at radius 3 is 2.76 bits per heavy atom. The minimum atomic E-state index is 0.513. The summed E-state index contributed by atoms with van der Waals surface area (Å²) in [6.45, 7) is 1.41. The third kappa shape index (κ3) is 5.39. The molecule has 0 bridgehead atoms. The first kappa shape index (κ1) is 15.3. The molecule has 0 saturated heterocycles. The average molecular weight is 304 g/mol. The zero-order valence-corrected chi connectivity index (χ0v) is 12.6. The van der Waals surface area contributed by atoms with Crippen molar-refractivity contribution in [3.8, 4) is 0 Å². The smallest absolute Gasteiger partial charge is 0.191 e. The molecule has 0 aliphatic heterocycles. The van der Waals surface area contributed by atoms with Gasteiger partial charge in [0.1, 0.15) is 5.15 Å². The molecule has 2 N–H and O–H groups in total. The summed E-state index contributed by atoms with van der Waals surface area (Å²) in [4.78, 5) is 12.5. The second kappa shape index (κ2) is 8.21. The Bertz CT molecular complexity index is 568. The number of nitrogens with one attached hydrogen (secondary N) is 2. The van der Waals surface area contributed by atoms with Gasteiger partial charge in [0.2, 0.25) is 0 Å². The summed E-state index contributed by atoms with van der Waals surface area (Å²) in [5, 5.41) is 6.99. The maximum atomic E-state index is 5.76. The first-order valence-electron chi connectivity index (χ1n) is 6.73. The minimum absolute atomic E-state index is 0.513. The quantitative estimate of drug-likeness (QED) is 0.504. The Labute approximate surface area is 129 Å². The second-order valence-corrected chi connectivity index (χ2v) is 4.80. The fourth-order valence-corrected chi connectivity index (χ4v) is 1.89. The van der Waals surface area contributed by atoms with E-state index in [1.807, 2.05) is 24.3 Å². The fraction of sp³-hybridized carbons (Fsp3) is 0.267. The molecule has 2 rings (SSSR count). The van der Waals surface area contributed by atoms with Crippen molar-refractivity contribution in [2.24, 2.45) is 4.99 Å². The van der Waals surface area contributed by atoms with Crippen molar-refractivity contribution in [3.05, 3.63) is 59.1 Å². The van der Waals surface area contributed by atoms with E-state index in [4.69, 9.17) is 11.6 Å². The molecule has 0 aromatic carbocycles. The highest BCUT2D eigenvalue weighted by molar-refractivity contribution is 6.29. The van der Waals surface area contributed by atoms with E-state index in [0.29, 0.717) is 11.7 Å². The van der Waals surface area contributed by atoms with E-state index in [9.17, 15) is 0 Å². The van der Waals surface area contributed by atoms with Gasteiger partial charge < -0.3 is 10.6 Å². The van der Waals surface area contributed by atoms with Crippen LogP contribution in [0.5, 0.6) is 0 Å². The number of nitrogens with zero attached hydrogens (tertiary/aromatic N) is 3. The largest absolute Gasteiger partial charge is 0.356 e. The Morgan fingerprint density at radius 2 is 2.10 bits per heavy atom. The van der Waals surface area contributed by atoms with E-state index in [1.54, 1.807) is 25.5 Å². The zero-order chi connectivity index (χ0) is 14.9. The number of guanidine groups is 1. The van der Waals surface area contributed by atoms with E-state index in [1.165, 1.54) is 0 Å². The van der Waals surface area contributed by atoms with Gasteiger partial charge in [-0.05, 0) is 30.2 Å². The van der Waals surface area contributed by atoms with Gasteiger partial charge >= 0.3 is 0 Å². The highest BCUT2D eigenvalue weighted by atomic mass is 35.5. The van der Waals surface area contributed by atoms with Crippen LogP contribution < -0.4 is 10.6 Å². The lowest BCUT2D eigenvalue weighted by molar-refractivity contribution is 0.782. The molecule has 21 heavy (non-hydrogen) atoms. The minimum Gasteiger partial charge on any atom is -0.356 e. The summed E-state index contributed by atoms with van der Waals surface area (Å²) in [6.07, 6.45) is 4.42. The summed E-state index contributed by atoms with van der Waals surface area (Å²) >= 11 is 5.76. The van der Waals surface area contributed by atoms with Crippen molar-refractivity contribution >= 4 is 17.6 Å². The summed E-state index contributed by atoms with van der Waals surface area (Å²) in [6, 6.07) is 9.61. The number of halogens is 1. The third-order valence-corrected chi connectivity index (χ3v) is 3.11. The number of pyridine rings is 2. The van der Waals surface area contributed by atoms with Crippen LogP contribution in [0.15, 0.2) is 47.7 Å². The molecule has 0 spiro atoms. The van der Waals surface area contributed by atoms with Crippen molar-refractivity contribution in [1.82, 2.24) is 20.6 Å². The predicted octanol–water partition coefficient (Wildman–Crippen LogP) is 2.04. The number of hydrogen-bond acceptors (Lipinski definition) is 3. The molecule has 6 heteroatoms. The maximum absolute atomic E-state index is 5.76. The lowest BCUT2D eigenvalue weighted by atomic mass is 10.2. The van der Waals surface area contributed by atoms with Gasteiger partial charge in [-0.3, -0.25) is 9.98 Å². The number of hydrogen-bond donors (Lipinski definition) is 2. The lowest BCUT2D eigenvalue weighted by Crippen LogP contribution is -2.38. The fourth-order valence-electron chi connectivity index (χ4n) is 1.78. The van der Waals surface area contributed by atoms with Gasteiger partial charge in [0.15, 0.2) is 5.96 Å². The summed E-state index contributed by atoms with van der Waals surface area (Å²) in [5.74, 6) is 0.752. The van der Waals surface area contributed by atoms with E-state index in [2.05, 4.69) is 25.6 Å². The van der Waals surface area contributed by atoms with Crippen LogP contribution in [0.3, 0.4) is 0 Å². The normalized spacial score (nSPS) is 11.2. The van der Waals surface area contributed by atoms with Gasteiger partial charge in [-0.1, -0.05) is 23.7 Å². The van der Waals surface area contributed by atoms with Crippen LogP contribution in [-0.2, 0) is 13.0 Å². The molecule has 2 heterocycles. The monoisotopic (exact) mass is 303 g/mol. The third-order valence-electron chi connectivity index (χ3n) is 2.88. The van der Waals surface area contributed by atoms with E-state index in [-0.39, 0.29) is 0 Å². The van der Waals surface area contributed by atoms with Crippen LogP contribution in [0.2, 0.25) is 5.15 Å². The number of rotatable bonds is 5. The molecule has 0 atom stereocenters. The Kier molecular flexibility index (Phi) is 5.97. The Hall–Kier alpha value is -2.14. The Balaban J connectivity index is 1.74. The van der Waals surface area contributed by atoms with Gasteiger partial charge in [0.25, 0.3) is 0 Å². The molecule has 0 amide bonds. The van der Waals surface area contributed by atoms with Crippen LogP contribution >= 0.6 is 11.6 Å². The van der Waals surface area contributed by atoms with E-state index >= 15 is 0 Å². The molecule has 2 aromatic rings. The summed E-state index contributed by atoms with van der Waals surface area (Å²) in [5.41, 5.74) is 2.11. The first-order chi connectivity index (χ1) is 10.3. The molecule has 0 radical (unpaired) electrons. The van der Waals surface area contributed by atoms with Crippen LogP contribution in [0.4, 0.5) is 0 Å². The van der Waals surface area contributed by atoms with Gasteiger partial charge in [0, 0.05) is 26.0 Å². The first-order valence-corrected chi connectivity index (χ1v) is 7.10. The summed E-state index contributed by atoms with van der Waals surface area (Å²) in [7, 11) is 1.75.